The quantitative estimate of drug-likeness (QED) is 0.549. The average molecular weight is 425 g/mol. The van der Waals surface area contributed by atoms with Gasteiger partial charge < -0.3 is 20.4 Å². The maximum absolute atomic E-state index is 13.2. The smallest absolute Gasteiger partial charge is 0.191 e. The van der Waals surface area contributed by atoms with Gasteiger partial charge in [-0.3, -0.25) is 0 Å². The lowest BCUT2D eigenvalue weighted by molar-refractivity contribution is 0.613. The van der Waals surface area contributed by atoms with Gasteiger partial charge in [-0.2, -0.15) is 0 Å². The van der Waals surface area contributed by atoms with Crippen LogP contribution in [0.4, 0.5) is 15.9 Å². The predicted molar refractivity (Wildman–Crippen MR) is 125 cm³/mol. The Morgan fingerprint density at radius 2 is 1.77 bits per heavy atom. The number of halogens is 1. The van der Waals surface area contributed by atoms with Crippen LogP contribution in [-0.2, 0) is 6.54 Å². The van der Waals surface area contributed by atoms with Gasteiger partial charge in [0.05, 0.1) is 6.54 Å². The monoisotopic (exact) mass is 424 g/mol. The first kappa shape index (κ1) is 21.4. The minimum Gasteiger partial charge on any atom is -0.368 e. The number of nitrogens with one attached hydrogen (secondary N) is 2. The molecule has 0 radical (unpaired) electrons. The Morgan fingerprint density at radius 3 is 2.48 bits per heavy atom. The van der Waals surface area contributed by atoms with E-state index in [0.29, 0.717) is 12.6 Å². The Bertz CT molecular complexity index is 855. The Balaban J connectivity index is 1.35. The van der Waals surface area contributed by atoms with Crippen LogP contribution in [0.2, 0.25) is 0 Å². The second-order valence-corrected chi connectivity index (χ2v) is 8.29. The number of nitrogens with zero attached hydrogens (tertiary/aromatic N) is 4. The van der Waals surface area contributed by atoms with Crippen LogP contribution >= 0.6 is 0 Å². The number of pyridine rings is 1. The largest absolute Gasteiger partial charge is 0.368 e. The van der Waals surface area contributed by atoms with Crippen molar-refractivity contribution >= 4 is 17.5 Å². The standard InChI is InChI=1S/C24H33FN6/c1-2-26-24(29-21-5-3-4-6-21)28-18-19-11-12-27-23(17-19)31-15-13-30(14-16-31)22-9-7-20(25)8-10-22/h7-12,17,21H,2-6,13-16,18H2,1H3,(H2,26,28,29). The molecule has 2 heterocycles. The molecule has 1 aromatic carbocycles. The zero-order valence-corrected chi connectivity index (χ0v) is 18.4. The number of piperazine rings is 1. The van der Waals surface area contributed by atoms with Crippen LogP contribution in [0.15, 0.2) is 47.6 Å². The fraction of sp³-hybridized carbons (Fsp3) is 0.500. The zero-order chi connectivity index (χ0) is 21.5. The number of benzene rings is 1. The summed E-state index contributed by atoms with van der Waals surface area (Å²) in [6.45, 7) is 7.16. The van der Waals surface area contributed by atoms with E-state index in [1.807, 2.05) is 24.4 Å². The first-order chi connectivity index (χ1) is 15.2. The number of aromatic nitrogens is 1. The summed E-state index contributed by atoms with van der Waals surface area (Å²) < 4.78 is 13.2. The molecule has 2 N–H and O–H groups in total. The molecule has 2 aromatic rings. The second-order valence-electron chi connectivity index (χ2n) is 8.29. The Hall–Kier alpha value is -2.83. The summed E-state index contributed by atoms with van der Waals surface area (Å²) >= 11 is 0. The third-order valence-corrected chi connectivity index (χ3v) is 6.07. The molecule has 0 atom stereocenters. The summed E-state index contributed by atoms with van der Waals surface area (Å²) in [5.74, 6) is 1.71. The summed E-state index contributed by atoms with van der Waals surface area (Å²) in [4.78, 5) is 14.0. The molecule has 31 heavy (non-hydrogen) atoms. The molecule has 1 saturated heterocycles. The van der Waals surface area contributed by atoms with Crippen molar-refractivity contribution in [3.63, 3.8) is 0 Å². The van der Waals surface area contributed by atoms with E-state index in [4.69, 9.17) is 4.99 Å². The van der Waals surface area contributed by atoms with Crippen LogP contribution in [0.3, 0.4) is 0 Å². The third kappa shape index (κ3) is 5.87. The molecule has 1 saturated carbocycles. The highest BCUT2D eigenvalue weighted by Gasteiger charge is 2.19. The maximum Gasteiger partial charge on any atom is 0.191 e. The van der Waals surface area contributed by atoms with Gasteiger partial charge in [0.2, 0.25) is 0 Å². The van der Waals surface area contributed by atoms with Crippen molar-refractivity contribution in [2.45, 2.75) is 45.2 Å². The molecular formula is C24H33FN6. The van der Waals surface area contributed by atoms with Gasteiger partial charge in [-0.25, -0.2) is 14.4 Å². The molecule has 7 heteroatoms. The highest BCUT2D eigenvalue weighted by Crippen LogP contribution is 2.21. The molecule has 0 spiro atoms. The average Bonchev–Trinajstić information content (AvgIpc) is 3.32. The third-order valence-electron chi connectivity index (χ3n) is 6.07. The summed E-state index contributed by atoms with van der Waals surface area (Å²) in [6, 6.07) is 11.5. The highest BCUT2D eigenvalue weighted by atomic mass is 19.1. The molecule has 0 amide bonds. The molecule has 1 aromatic heterocycles. The predicted octanol–water partition coefficient (Wildman–Crippen LogP) is 3.55. The van der Waals surface area contributed by atoms with Crippen molar-refractivity contribution in [1.82, 2.24) is 15.6 Å². The van der Waals surface area contributed by atoms with Crippen LogP contribution < -0.4 is 20.4 Å². The van der Waals surface area contributed by atoms with Crippen LogP contribution in [0, 0.1) is 5.82 Å². The Labute approximate surface area is 184 Å². The molecule has 2 fully saturated rings. The zero-order valence-electron chi connectivity index (χ0n) is 18.4. The van der Waals surface area contributed by atoms with Crippen LogP contribution in [0.5, 0.6) is 0 Å². The van der Waals surface area contributed by atoms with E-state index < -0.39 is 0 Å². The minimum absolute atomic E-state index is 0.193. The lowest BCUT2D eigenvalue weighted by Gasteiger charge is -2.36. The fourth-order valence-corrected chi connectivity index (χ4v) is 4.33. The van der Waals surface area contributed by atoms with Crippen molar-refractivity contribution in [3.05, 3.63) is 54.0 Å². The van der Waals surface area contributed by atoms with E-state index >= 15 is 0 Å². The van der Waals surface area contributed by atoms with E-state index in [9.17, 15) is 4.39 Å². The van der Waals surface area contributed by atoms with Crippen LogP contribution in [0.1, 0.15) is 38.2 Å². The van der Waals surface area contributed by atoms with Gasteiger partial charge in [0, 0.05) is 50.6 Å². The van der Waals surface area contributed by atoms with Crippen molar-refractivity contribution in [2.75, 3.05) is 42.5 Å². The molecule has 6 nitrogen and oxygen atoms in total. The summed E-state index contributed by atoms with van der Waals surface area (Å²) in [5, 5.41) is 6.94. The topological polar surface area (TPSA) is 55.8 Å². The van der Waals surface area contributed by atoms with Gasteiger partial charge in [0.1, 0.15) is 11.6 Å². The van der Waals surface area contributed by atoms with Crippen molar-refractivity contribution in [2.24, 2.45) is 4.99 Å². The van der Waals surface area contributed by atoms with E-state index in [0.717, 1.165) is 55.8 Å². The van der Waals surface area contributed by atoms with Crippen molar-refractivity contribution in [3.8, 4) is 0 Å². The van der Waals surface area contributed by atoms with Gasteiger partial charge in [-0.1, -0.05) is 12.8 Å². The SMILES string of the molecule is CCNC(=NCc1ccnc(N2CCN(c3ccc(F)cc3)CC2)c1)NC1CCCC1. The number of anilines is 2. The highest BCUT2D eigenvalue weighted by molar-refractivity contribution is 5.80. The maximum atomic E-state index is 13.2. The molecule has 1 aliphatic carbocycles. The van der Waals surface area contributed by atoms with Crippen LogP contribution in [0.25, 0.3) is 0 Å². The van der Waals surface area contributed by atoms with Gasteiger partial charge in [-0.15, -0.1) is 0 Å². The number of rotatable bonds is 6. The molecular weight excluding hydrogens is 391 g/mol. The lowest BCUT2D eigenvalue weighted by atomic mass is 10.2. The van der Waals surface area contributed by atoms with E-state index in [1.165, 1.54) is 37.8 Å². The molecule has 4 rings (SSSR count). The fourth-order valence-electron chi connectivity index (χ4n) is 4.33. The number of hydrogen-bond acceptors (Lipinski definition) is 4. The van der Waals surface area contributed by atoms with Gasteiger partial charge in [0.25, 0.3) is 0 Å². The van der Waals surface area contributed by atoms with E-state index in [1.54, 1.807) is 0 Å². The molecule has 0 unspecified atom stereocenters. The molecule has 1 aliphatic heterocycles. The van der Waals surface area contributed by atoms with Crippen LogP contribution in [-0.4, -0.2) is 49.7 Å². The number of aliphatic imine (C=N–C) groups is 1. The summed E-state index contributed by atoms with van der Waals surface area (Å²) in [6.07, 6.45) is 6.95. The number of hydrogen-bond donors (Lipinski definition) is 2. The van der Waals surface area contributed by atoms with Crippen molar-refractivity contribution in [1.29, 1.82) is 0 Å². The summed E-state index contributed by atoms with van der Waals surface area (Å²) in [5.41, 5.74) is 2.23. The number of guanidine groups is 1. The Morgan fingerprint density at radius 1 is 1.06 bits per heavy atom. The van der Waals surface area contributed by atoms with Gasteiger partial charge in [-0.05, 0) is 61.7 Å². The van der Waals surface area contributed by atoms with Gasteiger partial charge in [0.15, 0.2) is 5.96 Å². The van der Waals surface area contributed by atoms with E-state index in [2.05, 4.69) is 38.4 Å². The first-order valence-electron chi connectivity index (χ1n) is 11.5. The molecule has 166 valence electrons. The Kier molecular flexibility index (Phi) is 7.22. The molecule has 0 bridgehead atoms. The van der Waals surface area contributed by atoms with Crippen molar-refractivity contribution < 1.29 is 4.39 Å². The lowest BCUT2D eigenvalue weighted by Crippen LogP contribution is -2.46. The second kappa shape index (κ2) is 10.5. The summed E-state index contributed by atoms with van der Waals surface area (Å²) in [7, 11) is 0. The normalized spacial score (nSPS) is 17.8. The molecule has 2 aliphatic rings. The first-order valence-corrected chi connectivity index (χ1v) is 11.5. The van der Waals surface area contributed by atoms with E-state index in [-0.39, 0.29) is 5.82 Å². The minimum atomic E-state index is -0.193. The van der Waals surface area contributed by atoms with Gasteiger partial charge >= 0.3 is 0 Å².